The summed E-state index contributed by atoms with van der Waals surface area (Å²) in [6, 6.07) is 15.0. The molecule has 2 heterocycles. The number of carbonyl (C=O) groups excluding carboxylic acids is 1. The minimum atomic E-state index is -0.161. The van der Waals surface area contributed by atoms with Crippen molar-refractivity contribution in [3.63, 3.8) is 0 Å². The van der Waals surface area contributed by atoms with E-state index in [-0.39, 0.29) is 11.8 Å². The molecule has 0 saturated carbocycles. The summed E-state index contributed by atoms with van der Waals surface area (Å²) in [6.45, 7) is 3.33. The number of aryl methyl sites for hydroxylation is 1. The molecule has 1 aromatic heterocycles. The van der Waals surface area contributed by atoms with Crippen molar-refractivity contribution in [1.29, 1.82) is 0 Å². The summed E-state index contributed by atoms with van der Waals surface area (Å²) in [7, 11) is 0. The van der Waals surface area contributed by atoms with Gasteiger partial charge in [-0.25, -0.2) is 9.97 Å². The van der Waals surface area contributed by atoms with Crippen molar-refractivity contribution in [1.82, 2.24) is 9.97 Å². The maximum absolute atomic E-state index is 12.8. The molecule has 1 amide bonds. The lowest BCUT2D eigenvalue weighted by Crippen LogP contribution is -2.41. The van der Waals surface area contributed by atoms with Crippen molar-refractivity contribution in [3.05, 3.63) is 71.5 Å². The average molecular weight is 423 g/mol. The first-order valence-electron chi connectivity index (χ1n) is 9.96. The van der Waals surface area contributed by atoms with E-state index in [4.69, 9.17) is 16.3 Å². The van der Waals surface area contributed by atoms with Crippen molar-refractivity contribution < 1.29 is 9.53 Å². The maximum atomic E-state index is 12.8. The van der Waals surface area contributed by atoms with E-state index >= 15 is 0 Å². The van der Waals surface area contributed by atoms with Crippen LogP contribution in [0.3, 0.4) is 0 Å². The van der Waals surface area contributed by atoms with Gasteiger partial charge in [-0.05, 0) is 49.6 Å². The molecule has 1 aliphatic rings. The van der Waals surface area contributed by atoms with E-state index in [2.05, 4.69) is 20.2 Å². The number of para-hydroxylation sites is 1. The van der Waals surface area contributed by atoms with E-state index in [9.17, 15) is 4.79 Å². The van der Waals surface area contributed by atoms with Crippen LogP contribution in [0.5, 0.6) is 11.6 Å². The van der Waals surface area contributed by atoms with E-state index in [1.807, 2.05) is 43.3 Å². The molecule has 1 N–H and O–H groups in total. The third-order valence-corrected chi connectivity index (χ3v) is 5.37. The normalized spacial score (nSPS) is 16.2. The number of hydrogen-bond acceptors (Lipinski definition) is 5. The lowest BCUT2D eigenvalue weighted by Gasteiger charge is -2.33. The van der Waals surface area contributed by atoms with Gasteiger partial charge in [0, 0.05) is 36.2 Å². The number of benzene rings is 2. The van der Waals surface area contributed by atoms with Crippen molar-refractivity contribution in [2.75, 3.05) is 23.3 Å². The first-order chi connectivity index (χ1) is 14.6. The van der Waals surface area contributed by atoms with Gasteiger partial charge in [-0.15, -0.1) is 0 Å². The third-order valence-electron chi connectivity index (χ3n) is 5.13. The number of aromatic nitrogens is 2. The van der Waals surface area contributed by atoms with E-state index in [1.54, 1.807) is 24.5 Å². The van der Waals surface area contributed by atoms with Crippen LogP contribution in [0.4, 0.5) is 11.5 Å². The van der Waals surface area contributed by atoms with E-state index in [0.29, 0.717) is 29.0 Å². The maximum Gasteiger partial charge on any atom is 0.263 e. The topological polar surface area (TPSA) is 67.4 Å². The number of carbonyl (C=O) groups is 1. The van der Waals surface area contributed by atoms with Gasteiger partial charge >= 0.3 is 0 Å². The van der Waals surface area contributed by atoms with Crippen LogP contribution in [-0.2, 0) is 4.79 Å². The Balaban J connectivity index is 1.49. The van der Waals surface area contributed by atoms with Crippen LogP contribution in [0.2, 0.25) is 5.02 Å². The molecule has 0 aliphatic carbocycles. The number of piperidine rings is 1. The number of rotatable bonds is 5. The fourth-order valence-corrected chi connectivity index (χ4v) is 3.77. The predicted octanol–water partition coefficient (Wildman–Crippen LogP) is 5.09. The highest BCUT2D eigenvalue weighted by atomic mass is 35.5. The summed E-state index contributed by atoms with van der Waals surface area (Å²) in [5, 5.41) is 3.56. The highest BCUT2D eigenvalue weighted by Crippen LogP contribution is 2.32. The second-order valence-corrected chi connectivity index (χ2v) is 7.77. The zero-order chi connectivity index (χ0) is 20.9. The molecule has 2 aromatic carbocycles. The molecular weight excluding hydrogens is 400 g/mol. The van der Waals surface area contributed by atoms with Crippen molar-refractivity contribution in [3.8, 4) is 11.6 Å². The minimum Gasteiger partial charge on any atom is -0.436 e. The lowest BCUT2D eigenvalue weighted by molar-refractivity contribution is -0.120. The number of nitrogens with zero attached hydrogens (tertiary/aromatic N) is 3. The number of anilines is 2. The Morgan fingerprint density at radius 3 is 2.83 bits per heavy atom. The molecule has 1 unspecified atom stereocenters. The lowest BCUT2D eigenvalue weighted by atomic mass is 9.97. The van der Waals surface area contributed by atoms with Crippen molar-refractivity contribution in [2.45, 2.75) is 19.8 Å². The molecule has 1 fully saturated rings. The van der Waals surface area contributed by atoms with Gasteiger partial charge in [0.15, 0.2) is 5.82 Å². The number of halogens is 1. The largest absolute Gasteiger partial charge is 0.436 e. The minimum absolute atomic E-state index is 0.0211. The van der Waals surface area contributed by atoms with Gasteiger partial charge in [0.1, 0.15) is 5.75 Å². The van der Waals surface area contributed by atoms with Gasteiger partial charge in [-0.3, -0.25) is 4.79 Å². The van der Waals surface area contributed by atoms with Crippen LogP contribution in [-0.4, -0.2) is 29.0 Å². The van der Waals surface area contributed by atoms with Gasteiger partial charge in [-0.1, -0.05) is 35.9 Å². The molecule has 0 radical (unpaired) electrons. The van der Waals surface area contributed by atoms with Crippen LogP contribution in [0.1, 0.15) is 18.4 Å². The highest BCUT2D eigenvalue weighted by Gasteiger charge is 2.28. The molecule has 4 rings (SSSR count). The average Bonchev–Trinajstić information content (AvgIpc) is 2.76. The molecular formula is C23H23ClN4O2. The smallest absolute Gasteiger partial charge is 0.263 e. The van der Waals surface area contributed by atoms with Gasteiger partial charge in [0.2, 0.25) is 5.91 Å². The van der Waals surface area contributed by atoms with Crippen LogP contribution in [0.25, 0.3) is 0 Å². The summed E-state index contributed by atoms with van der Waals surface area (Å²) in [5.74, 6) is 1.66. The Bertz CT molecular complexity index is 1040. The molecule has 154 valence electrons. The summed E-state index contributed by atoms with van der Waals surface area (Å²) in [6.07, 6.45) is 4.96. The number of ether oxygens (including phenoxy) is 1. The molecule has 30 heavy (non-hydrogen) atoms. The van der Waals surface area contributed by atoms with Gasteiger partial charge in [0.25, 0.3) is 5.88 Å². The second kappa shape index (κ2) is 9.13. The van der Waals surface area contributed by atoms with Gasteiger partial charge < -0.3 is 15.0 Å². The quantitative estimate of drug-likeness (QED) is 0.620. The monoisotopic (exact) mass is 422 g/mol. The highest BCUT2D eigenvalue weighted by molar-refractivity contribution is 6.30. The fourth-order valence-electron chi connectivity index (χ4n) is 3.58. The third kappa shape index (κ3) is 4.71. The van der Waals surface area contributed by atoms with Crippen LogP contribution >= 0.6 is 11.6 Å². The Hall–Kier alpha value is -3.12. The number of hydrogen-bond donors (Lipinski definition) is 1. The SMILES string of the molecule is Cc1ccccc1Oc1nccnc1N1CCCC(C(=O)Nc2cccc(Cl)c2)C1. The zero-order valence-electron chi connectivity index (χ0n) is 16.7. The van der Waals surface area contributed by atoms with Gasteiger partial charge in [-0.2, -0.15) is 0 Å². The molecule has 0 bridgehead atoms. The first-order valence-corrected chi connectivity index (χ1v) is 10.3. The summed E-state index contributed by atoms with van der Waals surface area (Å²) in [4.78, 5) is 23.8. The van der Waals surface area contributed by atoms with Crippen molar-refractivity contribution in [2.24, 2.45) is 5.92 Å². The Morgan fingerprint density at radius 2 is 2.00 bits per heavy atom. The zero-order valence-corrected chi connectivity index (χ0v) is 17.5. The fraction of sp³-hybridized carbons (Fsp3) is 0.261. The molecule has 1 saturated heterocycles. The Labute approximate surface area is 180 Å². The van der Waals surface area contributed by atoms with E-state index in [0.717, 1.165) is 30.7 Å². The number of amides is 1. The Kier molecular flexibility index (Phi) is 6.14. The second-order valence-electron chi connectivity index (χ2n) is 7.34. The molecule has 1 aliphatic heterocycles. The Morgan fingerprint density at radius 1 is 1.17 bits per heavy atom. The van der Waals surface area contributed by atoms with Crippen molar-refractivity contribution >= 4 is 29.0 Å². The molecule has 3 aromatic rings. The van der Waals surface area contributed by atoms with E-state index < -0.39 is 0 Å². The number of nitrogens with one attached hydrogen (secondary N) is 1. The molecule has 0 spiro atoms. The van der Waals surface area contributed by atoms with Gasteiger partial charge in [0.05, 0.1) is 5.92 Å². The molecule has 7 heteroatoms. The predicted molar refractivity (Wildman–Crippen MR) is 118 cm³/mol. The summed E-state index contributed by atoms with van der Waals surface area (Å²) >= 11 is 6.02. The summed E-state index contributed by atoms with van der Waals surface area (Å²) in [5.41, 5.74) is 1.72. The molecule has 1 atom stereocenters. The van der Waals surface area contributed by atoms with Crippen LogP contribution in [0, 0.1) is 12.8 Å². The first kappa shape index (κ1) is 20.2. The van der Waals surface area contributed by atoms with Crippen LogP contribution in [0.15, 0.2) is 60.9 Å². The standard InChI is InChI=1S/C23H23ClN4O2/c1-16-6-2-3-10-20(16)30-23-21(25-11-12-26-23)28-13-5-7-17(15-28)22(29)27-19-9-4-8-18(24)14-19/h2-4,6,8-12,14,17H,5,7,13,15H2,1H3,(H,27,29). The summed E-state index contributed by atoms with van der Waals surface area (Å²) < 4.78 is 6.07. The molecule has 6 nitrogen and oxygen atoms in total. The van der Waals surface area contributed by atoms with E-state index in [1.165, 1.54) is 0 Å². The van der Waals surface area contributed by atoms with Crippen LogP contribution < -0.4 is 15.0 Å².